The van der Waals surface area contributed by atoms with Crippen LogP contribution in [0.2, 0.25) is 5.02 Å². The number of ether oxygens (including phenoxy) is 1. The fourth-order valence-electron chi connectivity index (χ4n) is 4.45. The van der Waals surface area contributed by atoms with E-state index in [-0.39, 0.29) is 17.9 Å². The predicted molar refractivity (Wildman–Crippen MR) is 126 cm³/mol. The van der Waals surface area contributed by atoms with E-state index >= 15 is 0 Å². The summed E-state index contributed by atoms with van der Waals surface area (Å²) in [5.41, 5.74) is 4.69. The zero-order valence-corrected chi connectivity index (χ0v) is 19.0. The molecule has 32 heavy (non-hydrogen) atoms. The Labute approximate surface area is 192 Å². The second kappa shape index (κ2) is 10.2. The van der Waals surface area contributed by atoms with Gasteiger partial charge in [0.05, 0.1) is 19.7 Å². The van der Waals surface area contributed by atoms with E-state index in [1.165, 1.54) is 18.1 Å². The van der Waals surface area contributed by atoms with Crippen molar-refractivity contribution < 1.29 is 14.3 Å². The molecule has 0 saturated heterocycles. The molecule has 1 amide bonds. The van der Waals surface area contributed by atoms with Crippen LogP contribution in [0.25, 0.3) is 10.9 Å². The van der Waals surface area contributed by atoms with Crippen LogP contribution in [0.3, 0.4) is 0 Å². The highest BCUT2D eigenvalue weighted by atomic mass is 35.5. The molecule has 2 N–H and O–H groups in total. The molecular formula is C25H28ClN3O3. The lowest BCUT2D eigenvalue weighted by atomic mass is 9.92. The van der Waals surface area contributed by atoms with Crippen molar-refractivity contribution in [3.05, 3.63) is 70.4 Å². The molecule has 0 radical (unpaired) electrons. The first-order chi connectivity index (χ1) is 15.6. The fourth-order valence-corrected chi connectivity index (χ4v) is 4.57. The molecule has 1 aliphatic rings. The summed E-state index contributed by atoms with van der Waals surface area (Å²) in [6.45, 7) is 1.64. The number of aromatic amines is 1. The first-order valence-electron chi connectivity index (χ1n) is 11.0. The van der Waals surface area contributed by atoms with Gasteiger partial charge in [0.15, 0.2) is 0 Å². The molecule has 1 unspecified atom stereocenters. The Kier molecular flexibility index (Phi) is 7.12. The summed E-state index contributed by atoms with van der Waals surface area (Å²) in [7, 11) is 1.39. The molecule has 0 spiro atoms. The number of aromatic nitrogens is 1. The molecule has 1 atom stereocenters. The zero-order chi connectivity index (χ0) is 22.5. The van der Waals surface area contributed by atoms with Crippen LogP contribution in [0, 0.1) is 0 Å². The number of H-pyrrole nitrogens is 1. The molecule has 7 heteroatoms. The Morgan fingerprint density at radius 2 is 1.94 bits per heavy atom. The molecule has 1 aromatic heterocycles. The lowest BCUT2D eigenvalue weighted by molar-refractivity contribution is -0.140. The quantitative estimate of drug-likeness (QED) is 0.395. The van der Waals surface area contributed by atoms with Crippen molar-refractivity contribution in [3.63, 3.8) is 0 Å². The van der Waals surface area contributed by atoms with Gasteiger partial charge in [0.25, 0.3) is 0 Å². The molecule has 0 saturated carbocycles. The van der Waals surface area contributed by atoms with Gasteiger partial charge in [-0.2, -0.15) is 0 Å². The third-order valence-corrected chi connectivity index (χ3v) is 6.28. The largest absolute Gasteiger partial charge is 0.469 e. The Bertz CT molecular complexity index is 1090. The van der Waals surface area contributed by atoms with Crippen LogP contribution < -0.4 is 5.32 Å². The van der Waals surface area contributed by atoms with Crippen molar-refractivity contribution in [1.29, 1.82) is 0 Å². The molecule has 168 valence electrons. The lowest BCUT2D eigenvalue weighted by Gasteiger charge is -2.35. The maximum atomic E-state index is 12.7. The number of nitrogens with zero attached hydrogens (tertiary/aromatic N) is 1. The molecule has 6 nitrogen and oxygen atoms in total. The number of unbranched alkanes of at least 4 members (excludes halogenated alkanes) is 1. The van der Waals surface area contributed by atoms with E-state index in [2.05, 4.69) is 38.1 Å². The van der Waals surface area contributed by atoms with E-state index in [4.69, 9.17) is 11.6 Å². The third kappa shape index (κ3) is 4.97. The van der Waals surface area contributed by atoms with Crippen LogP contribution in [0.5, 0.6) is 0 Å². The maximum absolute atomic E-state index is 12.7. The highest BCUT2D eigenvalue weighted by Gasteiger charge is 2.32. The summed E-state index contributed by atoms with van der Waals surface area (Å²) in [5, 5.41) is 4.93. The average molecular weight is 454 g/mol. The van der Waals surface area contributed by atoms with Crippen LogP contribution in [-0.4, -0.2) is 48.5 Å². The Hall–Kier alpha value is -2.83. The van der Waals surface area contributed by atoms with Crippen LogP contribution in [0.15, 0.2) is 48.5 Å². The number of halogens is 1. The molecular weight excluding hydrogens is 426 g/mol. The van der Waals surface area contributed by atoms with E-state index < -0.39 is 0 Å². The first kappa shape index (κ1) is 22.4. The van der Waals surface area contributed by atoms with Gasteiger partial charge in [-0.05, 0) is 48.6 Å². The summed E-state index contributed by atoms with van der Waals surface area (Å²) in [6.07, 6.45) is 2.70. The lowest BCUT2D eigenvalue weighted by Crippen LogP contribution is -2.43. The van der Waals surface area contributed by atoms with Gasteiger partial charge in [0.1, 0.15) is 0 Å². The Balaban J connectivity index is 1.49. The number of hydrogen-bond acceptors (Lipinski definition) is 4. The van der Waals surface area contributed by atoms with Gasteiger partial charge in [-0.15, -0.1) is 0 Å². The second-order valence-electron chi connectivity index (χ2n) is 8.12. The molecule has 2 aromatic carbocycles. The Morgan fingerprint density at radius 1 is 1.16 bits per heavy atom. The molecule has 0 aliphatic carbocycles. The second-order valence-corrected chi connectivity index (χ2v) is 8.56. The molecule has 0 fully saturated rings. The van der Waals surface area contributed by atoms with Crippen molar-refractivity contribution in [2.24, 2.45) is 0 Å². The first-order valence-corrected chi connectivity index (χ1v) is 11.4. The standard InChI is InChI=1S/C25H28ClN3O3/c1-32-23(31)8-4-5-14-27-22(30)16-29-15-13-20-19-6-2-3-7-21(19)28-24(20)25(29)17-9-11-18(26)12-10-17/h2-3,6-7,9-12,25,28H,4-5,8,13-16H2,1H3,(H,27,30). The average Bonchev–Trinajstić information content (AvgIpc) is 3.18. The number of amides is 1. The zero-order valence-electron chi connectivity index (χ0n) is 18.2. The van der Waals surface area contributed by atoms with Gasteiger partial charge in [0.2, 0.25) is 5.91 Å². The number of hydrogen-bond donors (Lipinski definition) is 2. The van der Waals surface area contributed by atoms with Crippen LogP contribution in [0.1, 0.15) is 42.1 Å². The van der Waals surface area contributed by atoms with Crippen LogP contribution >= 0.6 is 11.6 Å². The van der Waals surface area contributed by atoms with Gasteiger partial charge >= 0.3 is 5.97 Å². The smallest absolute Gasteiger partial charge is 0.305 e. The van der Waals surface area contributed by atoms with E-state index in [1.807, 2.05) is 30.3 Å². The van der Waals surface area contributed by atoms with E-state index in [0.29, 0.717) is 31.0 Å². The number of rotatable bonds is 8. The summed E-state index contributed by atoms with van der Waals surface area (Å²) in [5.74, 6) is -0.230. The van der Waals surface area contributed by atoms with E-state index in [9.17, 15) is 9.59 Å². The number of nitrogens with one attached hydrogen (secondary N) is 2. The number of esters is 1. The summed E-state index contributed by atoms with van der Waals surface area (Å²) in [6, 6.07) is 16.2. The van der Waals surface area contributed by atoms with E-state index in [0.717, 1.165) is 36.2 Å². The highest BCUT2D eigenvalue weighted by molar-refractivity contribution is 6.30. The summed E-state index contributed by atoms with van der Waals surface area (Å²) < 4.78 is 4.65. The number of fused-ring (bicyclic) bond motifs is 3. The fraction of sp³-hybridized carbons (Fsp3) is 0.360. The molecule has 3 aromatic rings. The molecule has 0 bridgehead atoms. The Morgan fingerprint density at radius 3 is 2.72 bits per heavy atom. The number of benzene rings is 2. The van der Waals surface area contributed by atoms with Crippen molar-refractivity contribution in [1.82, 2.24) is 15.2 Å². The van der Waals surface area contributed by atoms with Crippen LogP contribution in [0.4, 0.5) is 0 Å². The minimum atomic E-state index is -0.218. The van der Waals surface area contributed by atoms with Crippen molar-refractivity contribution >= 4 is 34.4 Å². The number of para-hydroxylation sites is 1. The summed E-state index contributed by atoms with van der Waals surface area (Å²) >= 11 is 6.13. The molecule has 4 rings (SSSR count). The highest BCUT2D eigenvalue weighted by Crippen LogP contribution is 2.38. The van der Waals surface area contributed by atoms with E-state index in [1.54, 1.807) is 0 Å². The van der Waals surface area contributed by atoms with Crippen molar-refractivity contribution in [2.45, 2.75) is 31.7 Å². The minimum Gasteiger partial charge on any atom is -0.469 e. The monoisotopic (exact) mass is 453 g/mol. The number of methoxy groups -OCH3 is 1. The van der Waals surface area contributed by atoms with Gasteiger partial charge < -0.3 is 15.0 Å². The molecule has 2 heterocycles. The van der Waals surface area contributed by atoms with Crippen LogP contribution in [-0.2, 0) is 20.7 Å². The van der Waals surface area contributed by atoms with Gasteiger partial charge in [-0.1, -0.05) is 41.9 Å². The van der Waals surface area contributed by atoms with Gasteiger partial charge in [-0.3, -0.25) is 14.5 Å². The van der Waals surface area contributed by atoms with Crippen molar-refractivity contribution in [3.8, 4) is 0 Å². The number of carbonyl (C=O) groups is 2. The summed E-state index contributed by atoms with van der Waals surface area (Å²) in [4.78, 5) is 29.7. The SMILES string of the molecule is COC(=O)CCCCNC(=O)CN1CCc2c([nH]c3ccccc23)C1c1ccc(Cl)cc1. The molecule has 1 aliphatic heterocycles. The van der Waals surface area contributed by atoms with Crippen molar-refractivity contribution in [2.75, 3.05) is 26.7 Å². The number of carbonyl (C=O) groups excluding carboxylic acids is 2. The topological polar surface area (TPSA) is 74.4 Å². The normalized spacial score (nSPS) is 16.0. The minimum absolute atomic E-state index is 0.0124. The predicted octanol–water partition coefficient (Wildman–Crippen LogP) is 4.23. The van der Waals surface area contributed by atoms with Gasteiger partial charge in [-0.25, -0.2) is 0 Å². The maximum Gasteiger partial charge on any atom is 0.305 e. The third-order valence-electron chi connectivity index (χ3n) is 6.02. The van der Waals surface area contributed by atoms with Gasteiger partial charge in [0, 0.05) is 41.1 Å².